The Labute approximate surface area is 291 Å². The molecular formula is C38H43N9O3. The SMILES string of the molecule is C=CC(O)Nc1cccc(-n2c(=O)c(-c3ccccc3)nc3cnc(Nc4ccc(N5CCC(N6CCN(C)CC6)CC5)cc4OC)nc32)c1. The number of methoxy groups -OCH3 is 1. The highest BCUT2D eigenvalue weighted by Crippen LogP contribution is 2.33. The molecule has 5 aromatic rings. The van der Waals surface area contributed by atoms with Gasteiger partial charge in [0.15, 0.2) is 5.65 Å². The molecule has 2 aliphatic rings. The lowest BCUT2D eigenvalue weighted by atomic mass is 10.0. The maximum atomic E-state index is 14.2. The first-order valence-electron chi connectivity index (χ1n) is 17.1. The van der Waals surface area contributed by atoms with E-state index in [2.05, 4.69) is 56.1 Å². The molecule has 7 rings (SSSR count). The van der Waals surface area contributed by atoms with Crippen LogP contribution in [0.2, 0.25) is 0 Å². The largest absolute Gasteiger partial charge is 0.494 e. The Kier molecular flexibility index (Phi) is 9.74. The van der Waals surface area contributed by atoms with Crippen LogP contribution in [0.1, 0.15) is 12.8 Å². The Hall–Kier alpha value is -5.30. The molecule has 4 heterocycles. The highest BCUT2D eigenvalue weighted by molar-refractivity contribution is 5.78. The summed E-state index contributed by atoms with van der Waals surface area (Å²) in [5, 5.41) is 16.4. The summed E-state index contributed by atoms with van der Waals surface area (Å²) in [5.41, 5.74) is 4.36. The second-order valence-electron chi connectivity index (χ2n) is 12.8. The van der Waals surface area contributed by atoms with Gasteiger partial charge in [-0.2, -0.15) is 4.98 Å². The summed E-state index contributed by atoms with van der Waals surface area (Å²) in [7, 11) is 3.86. The van der Waals surface area contributed by atoms with Crippen LogP contribution in [0.25, 0.3) is 28.1 Å². The second-order valence-corrected chi connectivity index (χ2v) is 12.8. The molecule has 0 radical (unpaired) electrons. The van der Waals surface area contributed by atoms with E-state index in [1.807, 2.05) is 42.5 Å². The zero-order valence-electron chi connectivity index (χ0n) is 28.5. The third kappa shape index (κ3) is 7.04. The van der Waals surface area contributed by atoms with E-state index in [-0.39, 0.29) is 17.2 Å². The van der Waals surface area contributed by atoms with E-state index < -0.39 is 6.23 Å². The molecular weight excluding hydrogens is 630 g/mol. The second kappa shape index (κ2) is 14.7. The van der Waals surface area contributed by atoms with Crippen LogP contribution in [0.4, 0.5) is 23.0 Å². The summed E-state index contributed by atoms with van der Waals surface area (Å²) in [6, 6.07) is 23.3. The van der Waals surface area contributed by atoms with Gasteiger partial charge in [-0.25, -0.2) is 9.97 Å². The lowest BCUT2D eigenvalue weighted by molar-refractivity contribution is 0.0982. The number of nitrogens with one attached hydrogen (secondary N) is 2. The van der Waals surface area contributed by atoms with E-state index in [1.165, 1.54) is 10.6 Å². The van der Waals surface area contributed by atoms with Crippen molar-refractivity contribution in [3.8, 4) is 22.7 Å². The molecule has 0 spiro atoms. The molecule has 258 valence electrons. The fourth-order valence-electron chi connectivity index (χ4n) is 6.81. The quantitative estimate of drug-likeness (QED) is 0.141. The minimum atomic E-state index is -0.954. The number of piperazine rings is 1. The van der Waals surface area contributed by atoms with Crippen molar-refractivity contribution in [2.75, 3.05) is 69.0 Å². The molecule has 3 aromatic carbocycles. The normalized spacial score (nSPS) is 16.7. The van der Waals surface area contributed by atoms with Crippen molar-refractivity contribution in [3.63, 3.8) is 0 Å². The molecule has 0 bridgehead atoms. The first-order valence-corrected chi connectivity index (χ1v) is 17.1. The molecule has 2 aromatic heterocycles. The van der Waals surface area contributed by atoms with E-state index in [0.29, 0.717) is 45.6 Å². The van der Waals surface area contributed by atoms with Gasteiger partial charge in [0.2, 0.25) is 5.95 Å². The third-order valence-corrected chi connectivity index (χ3v) is 9.60. The fraction of sp³-hybridized carbons (Fsp3) is 0.316. The molecule has 12 heteroatoms. The number of nitrogens with zero attached hydrogens (tertiary/aromatic N) is 7. The van der Waals surface area contributed by atoms with Gasteiger partial charge < -0.3 is 30.3 Å². The number of ether oxygens (including phenoxy) is 1. The standard InChI is InChI=1S/C38H43N9O3/c1-4-34(48)40-27-11-8-12-30(23-27)47-36-32(41-35(37(47)49)26-9-6-5-7-10-26)25-39-38(43-36)42-31-14-13-29(24-33(31)50-3)45-17-15-28(16-18-45)46-21-19-44(2)20-22-46/h4-14,23-25,28,34,40,48H,1,15-22H2,2-3H3,(H,39,42,43). The van der Waals surface area contributed by atoms with E-state index in [9.17, 15) is 9.90 Å². The van der Waals surface area contributed by atoms with Crippen molar-refractivity contribution in [2.45, 2.75) is 25.1 Å². The van der Waals surface area contributed by atoms with Crippen molar-refractivity contribution in [2.24, 2.45) is 0 Å². The van der Waals surface area contributed by atoms with Gasteiger partial charge in [-0.3, -0.25) is 14.3 Å². The van der Waals surface area contributed by atoms with Crippen molar-refractivity contribution >= 4 is 34.2 Å². The summed E-state index contributed by atoms with van der Waals surface area (Å²) in [6.45, 7) is 10.2. The number of piperidine rings is 1. The maximum absolute atomic E-state index is 14.2. The predicted molar refractivity (Wildman–Crippen MR) is 199 cm³/mol. The number of fused-ring (bicyclic) bond motifs is 1. The Morgan fingerprint density at radius 2 is 1.72 bits per heavy atom. The highest BCUT2D eigenvalue weighted by atomic mass is 16.5. The molecule has 1 atom stereocenters. The van der Waals surface area contributed by atoms with Gasteiger partial charge in [-0.1, -0.05) is 43.0 Å². The molecule has 2 saturated heterocycles. The van der Waals surface area contributed by atoms with Crippen molar-refractivity contribution in [3.05, 3.63) is 102 Å². The zero-order chi connectivity index (χ0) is 34.6. The molecule has 1 unspecified atom stereocenters. The lowest BCUT2D eigenvalue weighted by Crippen LogP contribution is -2.52. The molecule has 0 saturated carbocycles. The van der Waals surface area contributed by atoms with Gasteiger partial charge in [-0.05, 0) is 56.3 Å². The number of aliphatic hydroxyl groups excluding tert-OH is 1. The topological polar surface area (TPSA) is 124 Å². The molecule has 3 N–H and O–H groups in total. The number of anilines is 4. The average Bonchev–Trinajstić information content (AvgIpc) is 3.15. The monoisotopic (exact) mass is 673 g/mol. The number of benzene rings is 3. The summed E-state index contributed by atoms with van der Waals surface area (Å²) in [5.74, 6) is 0.956. The summed E-state index contributed by atoms with van der Waals surface area (Å²) >= 11 is 0. The molecule has 0 aliphatic carbocycles. The van der Waals surface area contributed by atoms with Crippen LogP contribution in [0.5, 0.6) is 5.75 Å². The Morgan fingerprint density at radius 1 is 0.940 bits per heavy atom. The third-order valence-electron chi connectivity index (χ3n) is 9.60. The van der Waals surface area contributed by atoms with Crippen LogP contribution < -0.4 is 25.8 Å². The van der Waals surface area contributed by atoms with Gasteiger partial charge in [0.05, 0.1) is 24.7 Å². The summed E-state index contributed by atoms with van der Waals surface area (Å²) in [6.07, 6.45) is 4.34. The van der Waals surface area contributed by atoms with Gasteiger partial charge in [0.25, 0.3) is 5.56 Å². The Balaban J connectivity index is 1.18. The fourth-order valence-corrected chi connectivity index (χ4v) is 6.81. The van der Waals surface area contributed by atoms with Gasteiger partial charge >= 0.3 is 0 Å². The number of likely N-dealkylation sites (N-methyl/N-ethyl adjacent to an activating group) is 1. The number of hydrogen-bond donors (Lipinski definition) is 3. The number of aromatic nitrogens is 4. The van der Waals surface area contributed by atoms with Crippen molar-refractivity contribution < 1.29 is 9.84 Å². The van der Waals surface area contributed by atoms with Crippen LogP contribution in [0.3, 0.4) is 0 Å². The smallest absolute Gasteiger partial charge is 0.283 e. The van der Waals surface area contributed by atoms with Crippen LogP contribution in [-0.4, -0.2) is 100 Å². The minimum absolute atomic E-state index is 0.275. The molecule has 12 nitrogen and oxygen atoms in total. The van der Waals surface area contributed by atoms with Gasteiger partial charge in [-0.15, -0.1) is 0 Å². The van der Waals surface area contributed by atoms with Gasteiger partial charge in [0, 0.05) is 68.3 Å². The van der Waals surface area contributed by atoms with Crippen LogP contribution in [0.15, 0.2) is 96.4 Å². The van der Waals surface area contributed by atoms with Crippen LogP contribution >= 0.6 is 0 Å². The number of hydrogen-bond acceptors (Lipinski definition) is 11. The lowest BCUT2D eigenvalue weighted by Gasteiger charge is -2.42. The molecule has 2 fully saturated rings. The van der Waals surface area contributed by atoms with E-state index in [1.54, 1.807) is 31.5 Å². The number of rotatable bonds is 10. The van der Waals surface area contributed by atoms with Crippen LogP contribution in [0, 0.1) is 0 Å². The maximum Gasteiger partial charge on any atom is 0.283 e. The first-order chi connectivity index (χ1) is 24.4. The van der Waals surface area contributed by atoms with Crippen LogP contribution in [-0.2, 0) is 0 Å². The average molecular weight is 674 g/mol. The Morgan fingerprint density at radius 3 is 2.46 bits per heavy atom. The van der Waals surface area contributed by atoms with Crippen molar-refractivity contribution in [1.82, 2.24) is 29.3 Å². The summed E-state index contributed by atoms with van der Waals surface area (Å²) < 4.78 is 7.36. The zero-order valence-corrected chi connectivity index (χ0v) is 28.5. The Bertz CT molecular complexity index is 2020. The summed E-state index contributed by atoms with van der Waals surface area (Å²) in [4.78, 5) is 35.8. The number of aliphatic hydroxyl groups is 1. The predicted octanol–water partition coefficient (Wildman–Crippen LogP) is 4.73. The highest BCUT2D eigenvalue weighted by Gasteiger charge is 2.27. The van der Waals surface area contributed by atoms with Crippen molar-refractivity contribution in [1.29, 1.82) is 0 Å². The molecule has 2 aliphatic heterocycles. The first kappa shape index (κ1) is 33.2. The minimum Gasteiger partial charge on any atom is -0.494 e. The van der Waals surface area contributed by atoms with Gasteiger partial charge in [0.1, 0.15) is 23.2 Å². The molecule has 0 amide bonds. The van der Waals surface area contributed by atoms with E-state index >= 15 is 0 Å². The molecule has 50 heavy (non-hydrogen) atoms. The van der Waals surface area contributed by atoms with E-state index in [0.717, 1.165) is 57.8 Å². The van der Waals surface area contributed by atoms with E-state index in [4.69, 9.17) is 14.7 Å².